The van der Waals surface area contributed by atoms with E-state index in [0.717, 1.165) is 55.4 Å². The second-order valence-corrected chi connectivity index (χ2v) is 7.20. The van der Waals surface area contributed by atoms with Gasteiger partial charge in [-0.25, -0.2) is 4.98 Å². The van der Waals surface area contributed by atoms with Crippen molar-refractivity contribution in [1.82, 2.24) is 4.98 Å². The van der Waals surface area contributed by atoms with Gasteiger partial charge in [0.15, 0.2) is 5.82 Å². The summed E-state index contributed by atoms with van der Waals surface area (Å²) in [5.74, 6) is 1.35. The number of pyridine rings is 1. The summed E-state index contributed by atoms with van der Waals surface area (Å²) >= 11 is 12.0. The van der Waals surface area contributed by atoms with Crippen LogP contribution in [0.3, 0.4) is 0 Å². The quantitative estimate of drug-likeness (QED) is 0.568. The lowest BCUT2D eigenvalue weighted by atomic mass is 10.1. The van der Waals surface area contributed by atoms with Crippen LogP contribution in [0.25, 0.3) is 0 Å². The maximum absolute atomic E-state index is 6.12. The molecule has 0 spiro atoms. The van der Waals surface area contributed by atoms with Gasteiger partial charge in [-0.15, -0.1) is 0 Å². The van der Waals surface area contributed by atoms with Gasteiger partial charge in [-0.05, 0) is 36.8 Å². The molecule has 0 saturated carbocycles. The largest absolute Gasteiger partial charge is 0.496 e. The summed E-state index contributed by atoms with van der Waals surface area (Å²) in [6.45, 7) is 6.44. The average Bonchev–Trinajstić information content (AvgIpc) is 2.68. The molecule has 1 aromatic heterocycles. The monoisotopic (exact) mass is 409 g/mol. The first kappa shape index (κ1) is 19.9. The van der Waals surface area contributed by atoms with Gasteiger partial charge in [0, 0.05) is 11.8 Å². The molecule has 0 unspecified atom stereocenters. The van der Waals surface area contributed by atoms with E-state index >= 15 is 0 Å². The first-order valence-corrected chi connectivity index (χ1v) is 9.52. The van der Waals surface area contributed by atoms with Crippen molar-refractivity contribution in [1.29, 1.82) is 0 Å². The Morgan fingerprint density at radius 3 is 2.78 bits per heavy atom. The van der Waals surface area contributed by atoms with Gasteiger partial charge in [-0.1, -0.05) is 23.2 Å². The van der Waals surface area contributed by atoms with Crippen LogP contribution < -0.4 is 15.1 Å². The highest BCUT2D eigenvalue weighted by atomic mass is 35.5. The second-order valence-electron chi connectivity index (χ2n) is 6.36. The molecule has 1 aliphatic rings. The number of rotatable bonds is 6. The lowest BCUT2D eigenvalue weighted by molar-refractivity contribution is -0.921. The molecule has 144 valence electrons. The van der Waals surface area contributed by atoms with Crippen molar-refractivity contribution in [2.75, 3.05) is 38.8 Å². The molecular formula is C19H23Cl2N4O2+. The minimum absolute atomic E-state index is 0.422. The van der Waals surface area contributed by atoms with Gasteiger partial charge in [0.1, 0.15) is 25.4 Å². The molecule has 8 heteroatoms. The molecule has 1 aromatic carbocycles. The molecule has 2 N–H and O–H groups in total. The highest BCUT2D eigenvalue weighted by Crippen LogP contribution is 2.23. The van der Waals surface area contributed by atoms with Crippen molar-refractivity contribution < 1.29 is 14.4 Å². The molecule has 0 aliphatic carbocycles. The molecule has 1 saturated heterocycles. The van der Waals surface area contributed by atoms with Crippen molar-refractivity contribution in [3.05, 3.63) is 51.6 Å². The zero-order valence-corrected chi connectivity index (χ0v) is 16.9. The van der Waals surface area contributed by atoms with Gasteiger partial charge in [0.2, 0.25) is 0 Å². The van der Waals surface area contributed by atoms with E-state index in [0.29, 0.717) is 15.9 Å². The van der Waals surface area contributed by atoms with E-state index < -0.39 is 0 Å². The van der Waals surface area contributed by atoms with E-state index in [1.165, 1.54) is 11.1 Å². The minimum Gasteiger partial charge on any atom is -0.496 e. The van der Waals surface area contributed by atoms with E-state index in [9.17, 15) is 0 Å². The van der Waals surface area contributed by atoms with E-state index in [2.05, 4.69) is 21.6 Å². The SMILES string of the molecule is COc1ccc(/C(C)=N\Nc2ncc(Cl)cc2Cl)cc1C[NH+]1CCOCC1. The molecule has 6 nitrogen and oxygen atoms in total. The number of hydrogen-bond acceptors (Lipinski definition) is 5. The van der Waals surface area contributed by atoms with E-state index in [4.69, 9.17) is 32.7 Å². The molecular weight excluding hydrogens is 387 g/mol. The molecule has 0 amide bonds. The fourth-order valence-electron chi connectivity index (χ4n) is 2.95. The third kappa shape index (κ3) is 5.32. The molecule has 27 heavy (non-hydrogen) atoms. The number of anilines is 1. The second kappa shape index (κ2) is 9.37. The van der Waals surface area contributed by atoms with E-state index in [-0.39, 0.29) is 0 Å². The van der Waals surface area contributed by atoms with Gasteiger partial charge in [0.05, 0.1) is 36.1 Å². The Labute approximate surface area is 169 Å². The van der Waals surface area contributed by atoms with Crippen LogP contribution in [0.2, 0.25) is 10.0 Å². The Hall–Kier alpha value is -1.86. The smallest absolute Gasteiger partial charge is 0.165 e. The van der Waals surface area contributed by atoms with Crippen LogP contribution in [-0.4, -0.2) is 44.1 Å². The molecule has 3 rings (SSSR count). The number of hydrogen-bond donors (Lipinski definition) is 2. The summed E-state index contributed by atoms with van der Waals surface area (Å²) in [6.07, 6.45) is 1.53. The number of methoxy groups -OCH3 is 1. The topological polar surface area (TPSA) is 60.2 Å². The van der Waals surface area contributed by atoms with E-state index in [1.807, 2.05) is 19.1 Å². The highest BCUT2D eigenvalue weighted by molar-refractivity contribution is 6.35. The standard InChI is InChI=1S/C19H22Cl2N4O2/c1-13(23-24-19-17(21)10-16(20)11-22-19)14-3-4-18(26-2)15(9-14)12-25-5-7-27-8-6-25/h3-4,9-11H,5-8,12H2,1-2H3,(H,22,24)/p+1/b23-13-. The Kier molecular flexibility index (Phi) is 6.90. The summed E-state index contributed by atoms with van der Waals surface area (Å²) in [4.78, 5) is 5.64. The number of benzene rings is 1. The van der Waals surface area contributed by atoms with Gasteiger partial charge in [-0.2, -0.15) is 5.10 Å². The Morgan fingerprint density at radius 2 is 2.07 bits per heavy atom. The fraction of sp³-hybridized carbons (Fsp3) is 0.368. The van der Waals surface area contributed by atoms with Crippen LogP contribution >= 0.6 is 23.2 Å². The lowest BCUT2D eigenvalue weighted by Gasteiger charge is -2.24. The van der Waals surface area contributed by atoms with Gasteiger partial charge < -0.3 is 14.4 Å². The average molecular weight is 410 g/mol. The third-order valence-corrected chi connectivity index (χ3v) is 4.97. The van der Waals surface area contributed by atoms with E-state index in [1.54, 1.807) is 13.2 Å². The molecule has 1 fully saturated rings. The number of halogens is 2. The zero-order valence-electron chi connectivity index (χ0n) is 15.4. The fourth-order valence-corrected chi connectivity index (χ4v) is 3.37. The Bertz CT molecular complexity index is 823. The van der Waals surface area contributed by atoms with Crippen LogP contribution in [0.4, 0.5) is 5.82 Å². The van der Waals surface area contributed by atoms with Crippen molar-refractivity contribution in [3.63, 3.8) is 0 Å². The molecule has 2 aromatic rings. The summed E-state index contributed by atoms with van der Waals surface area (Å²) < 4.78 is 11.0. The van der Waals surface area contributed by atoms with Gasteiger partial charge >= 0.3 is 0 Å². The van der Waals surface area contributed by atoms with Gasteiger partial charge in [0.25, 0.3) is 0 Å². The highest BCUT2D eigenvalue weighted by Gasteiger charge is 2.17. The predicted octanol–water partition coefficient (Wildman–Crippen LogP) is 2.65. The first-order chi connectivity index (χ1) is 13.1. The molecule has 0 atom stereocenters. The van der Waals surface area contributed by atoms with Gasteiger partial charge in [-0.3, -0.25) is 5.43 Å². The van der Waals surface area contributed by atoms with Crippen molar-refractivity contribution in [2.45, 2.75) is 13.5 Å². The number of nitrogens with one attached hydrogen (secondary N) is 2. The van der Waals surface area contributed by atoms with Crippen molar-refractivity contribution in [3.8, 4) is 5.75 Å². The maximum atomic E-state index is 6.12. The number of hydrazone groups is 1. The number of ether oxygens (including phenoxy) is 2. The number of morpholine rings is 1. The molecule has 1 aliphatic heterocycles. The molecule has 2 heterocycles. The van der Waals surface area contributed by atoms with Crippen molar-refractivity contribution >= 4 is 34.7 Å². The summed E-state index contributed by atoms with van der Waals surface area (Å²) in [5.41, 5.74) is 5.89. The number of aromatic nitrogens is 1. The first-order valence-electron chi connectivity index (χ1n) is 8.76. The van der Waals surface area contributed by atoms with Crippen LogP contribution in [0.1, 0.15) is 18.1 Å². The zero-order chi connectivity index (χ0) is 19.2. The maximum Gasteiger partial charge on any atom is 0.165 e. The molecule has 0 radical (unpaired) electrons. The normalized spacial score (nSPS) is 15.6. The Balaban J connectivity index is 1.77. The minimum atomic E-state index is 0.422. The van der Waals surface area contributed by atoms with Crippen LogP contribution in [0.15, 0.2) is 35.6 Å². The molecule has 0 bridgehead atoms. The number of nitrogens with zero attached hydrogens (tertiary/aromatic N) is 2. The predicted molar refractivity (Wildman–Crippen MR) is 108 cm³/mol. The number of quaternary nitrogens is 1. The summed E-state index contributed by atoms with van der Waals surface area (Å²) in [6, 6.07) is 7.73. The van der Waals surface area contributed by atoms with Crippen molar-refractivity contribution in [2.24, 2.45) is 5.10 Å². The summed E-state index contributed by atoms with van der Waals surface area (Å²) in [7, 11) is 1.70. The van der Waals surface area contributed by atoms with Crippen LogP contribution in [-0.2, 0) is 11.3 Å². The van der Waals surface area contributed by atoms with Crippen LogP contribution in [0.5, 0.6) is 5.75 Å². The summed E-state index contributed by atoms with van der Waals surface area (Å²) in [5, 5.41) is 5.31. The Morgan fingerprint density at radius 1 is 1.30 bits per heavy atom. The van der Waals surface area contributed by atoms with Crippen LogP contribution in [0, 0.1) is 0 Å². The third-order valence-electron chi connectivity index (χ3n) is 4.48. The lowest BCUT2D eigenvalue weighted by Crippen LogP contribution is -3.12.